The van der Waals surface area contributed by atoms with Crippen molar-refractivity contribution in [3.05, 3.63) is 53.7 Å². The zero-order valence-electron chi connectivity index (χ0n) is 17.5. The highest BCUT2D eigenvalue weighted by Gasteiger charge is 2.06. The van der Waals surface area contributed by atoms with Crippen molar-refractivity contribution in [2.45, 2.75) is 27.7 Å². The first-order valence-electron chi connectivity index (χ1n) is 9.53. The van der Waals surface area contributed by atoms with E-state index in [1.165, 1.54) is 0 Å². The molecule has 28 heavy (non-hydrogen) atoms. The molecule has 0 aliphatic rings. The summed E-state index contributed by atoms with van der Waals surface area (Å²) in [5.41, 5.74) is 3.52. The molecule has 0 saturated heterocycles. The van der Waals surface area contributed by atoms with Gasteiger partial charge in [0.25, 0.3) is 5.91 Å². The third-order valence-corrected chi connectivity index (χ3v) is 4.64. The van der Waals surface area contributed by atoms with Crippen LogP contribution in [0.3, 0.4) is 0 Å². The molecule has 0 radical (unpaired) electrons. The molecule has 1 amide bonds. The van der Waals surface area contributed by atoms with Gasteiger partial charge < -0.3 is 10.2 Å². The maximum Gasteiger partial charge on any atom is 0.251 e. The Morgan fingerprint density at radius 2 is 1.71 bits per heavy atom. The van der Waals surface area contributed by atoms with Crippen LogP contribution in [0.25, 0.3) is 5.57 Å². The van der Waals surface area contributed by atoms with Crippen LogP contribution in [0, 0.1) is 0 Å². The minimum absolute atomic E-state index is 0.0474. The Bertz CT molecular complexity index is 744. The zero-order valence-corrected chi connectivity index (χ0v) is 18.3. The number of hydrogen-bond acceptors (Lipinski definition) is 4. The zero-order chi connectivity index (χ0) is 20.9. The van der Waals surface area contributed by atoms with Crippen LogP contribution in [0.2, 0.25) is 0 Å². The second-order valence-electron chi connectivity index (χ2n) is 6.32. The fourth-order valence-electron chi connectivity index (χ4n) is 2.43. The summed E-state index contributed by atoms with van der Waals surface area (Å²) < 4.78 is 0. The smallest absolute Gasteiger partial charge is 0.251 e. The van der Waals surface area contributed by atoms with Crippen molar-refractivity contribution in [1.29, 1.82) is 0 Å². The molecule has 0 unspecified atom stereocenters. The maximum atomic E-state index is 12.3. The lowest BCUT2D eigenvalue weighted by molar-refractivity contribution is 0.0949. The third-order valence-electron chi connectivity index (χ3n) is 4.35. The summed E-state index contributed by atoms with van der Waals surface area (Å²) in [6.45, 7) is 11.6. The molecule has 1 rings (SSSR count). The number of likely N-dealkylation sites (N-methyl/N-ethyl adjacent to an activating group) is 1. The van der Waals surface area contributed by atoms with E-state index in [0.717, 1.165) is 36.5 Å². The molecule has 1 aromatic rings. The number of halogens is 1. The van der Waals surface area contributed by atoms with Crippen LogP contribution in [0.4, 0.5) is 0 Å². The van der Waals surface area contributed by atoms with Crippen molar-refractivity contribution in [1.82, 2.24) is 10.2 Å². The molecule has 1 N–H and O–H groups in total. The lowest BCUT2D eigenvalue weighted by Gasteiger charge is -2.17. The van der Waals surface area contributed by atoms with E-state index in [2.05, 4.69) is 34.0 Å². The summed E-state index contributed by atoms with van der Waals surface area (Å²) in [6.07, 6.45) is 5.32. The van der Waals surface area contributed by atoms with Crippen LogP contribution in [-0.2, 0) is 0 Å². The molecule has 0 saturated carbocycles. The standard InChI is InChI=1S/C22H31ClN4O/c1-6-27(7-2)15-14-25-22(28)20-11-9-19(10-12-20)17(3)16-26-18(4)8-13-21(23)24-5/h8-13,16H,6-7,14-15H2,1-5H3,(H,25,28)/b13-8-,17-16+,24-21?,26-18+. The van der Waals surface area contributed by atoms with Gasteiger partial charge >= 0.3 is 0 Å². The number of amides is 1. The minimum atomic E-state index is -0.0474. The molecule has 0 aromatic heterocycles. The Labute approximate surface area is 173 Å². The fraction of sp³-hybridized carbons (Fsp3) is 0.409. The molecule has 0 fully saturated rings. The minimum Gasteiger partial charge on any atom is -0.351 e. The summed E-state index contributed by atoms with van der Waals surface area (Å²) >= 11 is 5.83. The van der Waals surface area contributed by atoms with Gasteiger partial charge in [-0.05, 0) is 62.4 Å². The van der Waals surface area contributed by atoms with Crippen molar-refractivity contribution in [2.24, 2.45) is 9.98 Å². The summed E-state index contributed by atoms with van der Waals surface area (Å²) in [4.78, 5) is 22.8. The molecular formula is C22H31ClN4O. The van der Waals surface area contributed by atoms with E-state index in [1.54, 1.807) is 19.3 Å². The van der Waals surface area contributed by atoms with Crippen molar-refractivity contribution in [3.8, 4) is 0 Å². The van der Waals surface area contributed by atoms with Gasteiger partial charge in [0.15, 0.2) is 0 Å². The molecule has 0 bridgehead atoms. The number of benzene rings is 1. The fourth-order valence-corrected chi connectivity index (χ4v) is 2.50. The molecule has 0 heterocycles. The highest BCUT2D eigenvalue weighted by atomic mass is 35.5. The van der Waals surface area contributed by atoms with Crippen molar-refractivity contribution in [2.75, 3.05) is 33.2 Å². The Balaban J connectivity index is 2.67. The molecule has 6 heteroatoms. The monoisotopic (exact) mass is 402 g/mol. The van der Waals surface area contributed by atoms with Crippen LogP contribution in [0.5, 0.6) is 0 Å². The van der Waals surface area contributed by atoms with Crippen LogP contribution in [0.15, 0.2) is 52.6 Å². The van der Waals surface area contributed by atoms with E-state index in [4.69, 9.17) is 11.6 Å². The van der Waals surface area contributed by atoms with Gasteiger partial charge in [-0.2, -0.15) is 0 Å². The highest BCUT2D eigenvalue weighted by Crippen LogP contribution is 2.15. The number of hydrogen-bond donors (Lipinski definition) is 1. The Kier molecular flexibility index (Phi) is 11.1. The summed E-state index contributed by atoms with van der Waals surface area (Å²) in [5.74, 6) is -0.0474. The lowest BCUT2D eigenvalue weighted by Crippen LogP contribution is -2.34. The highest BCUT2D eigenvalue weighted by molar-refractivity contribution is 6.68. The van der Waals surface area contributed by atoms with Gasteiger partial charge in [0.1, 0.15) is 5.17 Å². The van der Waals surface area contributed by atoms with Crippen LogP contribution >= 0.6 is 11.6 Å². The number of rotatable bonds is 10. The Hall–Kier alpha value is -2.24. The average Bonchev–Trinajstić information content (AvgIpc) is 2.73. The summed E-state index contributed by atoms with van der Waals surface area (Å²) in [6, 6.07) is 7.56. The number of carbonyl (C=O) groups excluding carboxylic acids is 1. The molecule has 0 atom stereocenters. The second-order valence-corrected chi connectivity index (χ2v) is 6.71. The molecule has 0 spiro atoms. The molecule has 0 aliphatic carbocycles. The Morgan fingerprint density at radius 1 is 1.11 bits per heavy atom. The summed E-state index contributed by atoms with van der Waals surface area (Å²) in [7, 11) is 1.64. The predicted molar refractivity (Wildman–Crippen MR) is 122 cm³/mol. The van der Waals surface area contributed by atoms with Crippen molar-refractivity contribution in [3.63, 3.8) is 0 Å². The predicted octanol–water partition coefficient (Wildman–Crippen LogP) is 4.40. The lowest BCUT2D eigenvalue weighted by atomic mass is 10.1. The van der Waals surface area contributed by atoms with E-state index < -0.39 is 0 Å². The molecular weight excluding hydrogens is 372 g/mol. The van der Waals surface area contributed by atoms with Crippen LogP contribution in [0.1, 0.15) is 43.6 Å². The number of carbonyl (C=O) groups is 1. The van der Waals surface area contributed by atoms with Crippen LogP contribution < -0.4 is 5.32 Å². The number of nitrogens with one attached hydrogen (secondary N) is 1. The van der Waals surface area contributed by atoms with Gasteiger partial charge in [0.05, 0.1) is 0 Å². The SMILES string of the molecule is CCN(CC)CCNC(=O)c1ccc(/C(C)=C/N=C(C)/C=C\C(Cl)=NC)cc1. The third kappa shape index (κ3) is 8.63. The van der Waals surface area contributed by atoms with Gasteiger partial charge in [-0.25, -0.2) is 0 Å². The quantitative estimate of drug-likeness (QED) is 0.589. The number of aliphatic imine (C=N–C) groups is 2. The Morgan fingerprint density at radius 3 is 2.29 bits per heavy atom. The van der Waals surface area contributed by atoms with Crippen molar-refractivity contribution >= 4 is 34.0 Å². The first kappa shape index (κ1) is 23.8. The van der Waals surface area contributed by atoms with Gasteiger partial charge in [-0.3, -0.25) is 14.8 Å². The van der Waals surface area contributed by atoms with Crippen molar-refractivity contribution < 1.29 is 4.79 Å². The first-order valence-corrected chi connectivity index (χ1v) is 9.91. The van der Waals surface area contributed by atoms with Crippen LogP contribution in [-0.4, -0.2) is 54.9 Å². The molecule has 0 aliphatic heterocycles. The largest absolute Gasteiger partial charge is 0.351 e. The second kappa shape index (κ2) is 13.0. The molecule has 1 aromatic carbocycles. The molecule has 152 valence electrons. The van der Waals surface area contributed by atoms with Gasteiger partial charge in [-0.1, -0.05) is 37.6 Å². The van der Waals surface area contributed by atoms with E-state index in [9.17, 15) is 4.79 Å². The molecule has 5 nitrogen and oxygen atoms in total. The maximum absolute atomic E-state index is 12.3. The number of nitrogens with zero attached hydrogens (tertiary/aromatic N) is 3. The van der Waals surface area contributed by atoms with E-state index in [1.807, 2.05) is 44.2 Å². The van der Waals surface area contributed by atoms with Gasteiger partial charge in [-0.15, -0.1) is 0 Å². The van der Waals surface area contributed by atoms with Gasteiger partial charge in [0.2, 0.25) is 0 Å². The van der Waals surface area contributed by atoms with E-state index in [-0.39, 0.29) is 5.91 Å². The topological polar surface area (TPSA) is 57.1 Å². The van der Waals surface area contributed by atoms with E-state index in [0.29, 0.717) is 17.3 Å². The first-order chi connectivity index (χ1) is 13.4. The van der Waals surface area contributed by atoms with E-state index >= 15 is 0 Å². The normalized spacial score (nSPS) is 13.5. The van der Waals surface area contributed by atoms with Gasteiger partial charge in [0, 0.05) is 37.6 Å². The number of allylic oxidation sites excluding steroid dienone is 3. The summed E-state index contributed by atoms with van der Waals surface area (Å²) in [5, 5.41) is 3.40. The average molecular weight is 403 g/mol.